The first-order chi connectivity index (χ1) is 6.24. The highest BCUT2D eigenvalue weighted by molar-refractivity contribution is 5.98. The van der Waals surface area contributed by atoms with E-state index in [0.717, 1.165) is 17.0 Å². The van der Waals surface area contributed by atoms with Crippen LogP contribution < -0.4 is 0 Å². The summed E-state index contributed by atoms with van der Waals surface area (Å²) in [5, 5.41) is 0. The van der Waals surface area contributed by atoms with Crippen LogP contribution in [0, 0.1) is 0 Å². The first-order valence-corrected chi connectivity index (χ1v) is 4.32. The lowest BCUT2D eigenvalue weighted by Gasteiger charge is -1.99. The lowest BCUT2D eigenvalue weighted by Crippen LogP contribution is -1.94. The molecule has 0 spiro atoms. The van der Waals surface area contributed by atoms with Crippen molar-refractivity contribution < 1.29 is 0 Å². The third kappa shape index (κ3) is 2.82. The van der Waals surface area contributed by atoms with Crippen molar-refractivity contribution in [3.05, 3.63) is 41.9 Å². The quantitative estimate of drug-likeness (QED) is 0.633. The second-order valence-corrected chi connectivity index (χ2v) is 2.87. The Morgan fingerprint density at radius 1 is 1.46 bits per heavy atom. The molecule has 0 aliphatic heterocycles. The highest BCUT2D eigenvalue weighted by Crippen LogP contribution is 2.02. The number of nitrogens with zero attached hydrogens (tertiary/aromatic N) is 2. The molecular weight excluding hydrogens is 160 g/mol. The second kappa shape index (κ2) is 4.55. The average molecular weight is 174 g/mol. The van der Waals surface area contributed by atoms with Gasteiger partial charge in [0.15, 0.2) is 0 Å². The number of hydrogen-bond acceptors (Lipinski definition) is 2. The Bertz CT molecular complexity index is 323. The van der Waals surface area contributed by atoms with E-state index >= 15 is 0 Å². The molecule has 1 rings (SSSR count). The second-order valence-electron chi connectivity index (χ2n) is 2.87. The summed E-state index contributed by atoms with van der Waals surface area (Å²) in [6, 6.07) is 3.92. The van der Waals surface area contributed by atoms with Gasteiger partial charge in [-0.25, -0.2) is 0 Å². The van der Waals surface area contributed by atoms with Crippen LogP contribution in [-0.4, -0.2) is 10.7 Å². The van der Waals surface area contributed by atoms with E-state index in [1.807, 2.05) is 45.2 Å². The number of allylic oxidation sites excluding steroid dienone is 2. The van der Waals surface area contributed by atoms with Gasteiger partial charge < -0.3 is 0 Å². The number of rotatable bonds is 2. The van der Waals surface area contributed by atoms with E-state index in [0.29, 0.717) is 0 Å². The third-order valence-corrected chi connectivity index (χ3v) is 1.84. The lowest BCUT2D eigenvalue weighted by atomic mass is 10.2. The van der Waals surface area contributed by atoms with Gasteiger partial charge in [0.1, 0.15) is 0 Å². The molecule has 1 aromatic rings. The van der Waals surface area contributed by atoms with Crippen molar-refractivity contribution in [3.63, 3.8) is 0 Å². The molecule has 1 aromatic heterocycles. The Labute approximate surface area is 79.0 Å². The molecule has 2 heteroatoms. The Kier molecular flexibility index (Phi) is 3.38. The minimum atomic E-state index is 1.00. The molecular formula is C11H14N2. The van der Waals surface area contributed by atoms with Crippen LogP contribution in [0.1, 0.15) is 26.3 Å². The lowest BCUT2D eigenvalue weighted by molar-refractivity contribution is 1.26. The molecule has 0 saturated heterocycles. The van der Waals surface area contributed by atoms with Crippen molar-refractivity contribution >= 4 is 5.71 Å². The molecule has 0 saturated carbocycles. The minimum Gasteiger partial charge on any atom is -0.264 e. The third-order valence-electron chi connectivity index (χ3n) is 1.84. The number of aliphatic imine (C=N–C) groups is 1. The van der Waals surface area contributed by atoms with Gasteiger partial charge in [0.25, 0.3) is 0 Å². The van der Waals surface area contributed by atoms with Crippen LogP contribution in [0.3, 0.4) is 0 Å². The predicted molar refractivity (Wildman–Crippen MR) is 55.9 cm³/mol. The summed E-state index contributed by atoms with van der Waals surface area (Å²) < 4.78 is 0. The van der Waals surface area contributed by atoms with Crippen molar-refractivity contribution in [2.24, 2.45) is 4.99 Å². The molecule has 0 atom stereocenters. The van der Waals surface area contributed by atoms with Crippen molar-refractivity contribution in [2.45, 2.75) is 20.8 Å². The standard InChI is InChI=1S/C11H14N2/c1-4-9(2)13-10(3)11-6-5-7-12-8-11/h4-8H,1-3H3/b9-4-,13-10+. The molecule has 1 heterocycles. The molecule has 68 valence electrons. The van der Waals surface area contributed by atoms with Gasteiger partial charge in [-0.2, -0.15) is 0 Å². The molecule has 0 amide bonds. The van der Waals surface area contributed by atoms with E-state index in [2.05, 4.69) is 9.98 Å². The molecule has 0 bridgehead atoms. The van der Waals surface area contributed by atoms with E-state index < -0.39 is 0 Å². The topological polar surface area (TPSA) is 25.2 Å². The Hall–Kier alpha value is -1.44. The van der Waals surface area contributed by atoms with E-state index in [1.54, 1.807) is 6.20 Å². The van der Waals surface area contributed by atoms with Gasteiger partial charge in [-0.3, -0.25) is 9.98 Å². The number of aromatic nitrogens is 1. The van der Waals surface area contributed by atoms with Crippen LogP contribution in [0.4, 0.5) is 0 Å². The average Bonchev–Trinajstić information content (AvgIpc) is 2.19. The fraction of sp³-hybridized carbons (Fsp3) is 0.273. The maximum absolute atomic E-state index is 4.40. The van der Waals surface area contributed by atoms with Crippen molar-refractivity contribution in [3.8, 4) is 0 Å². The first-order valence-electron chi connectivity index (χ1n) is 4.32. The summed E-state index contributed by atoms with van der Waals surface area (Å²) >= 11 is 0. The van der Waals surface area contributed by atoms with E-state index in [1.165, 1.54) is 0 Å². The maximum atomic E-state index is 4.40. The highest BCUT2D eigenvalue weighted by atomic mass is 14.7. The fourth-order valence-electron chi connectivity index (χ4n) is 0.970. The smallest absolute Gasteiger partial charge is 0.0463 e. The van der Waals surface area contributed by atoms with Gasteiger partial charge in [-0.15, -0.1) is 0 Å². The van der Waals surface area contributed by atoms with Crippen molar-refractivity contribution in [1.29, 1.82) is 0 Å². The zero-order chi connectivity index (χ0) is 9.68. The fourth-order valence-corrected chi connectivity index (χ4v) is 0.970. The molecule has 13 heavy (non-hydrogen) atoms. The molecule has 0 N–H and O–H groups in total. The number of pyridine rings is 1. The van der Waals surface area contributed by atoms with Gasteiger partial charge in [0, 0.05) is 29.4 Å². The first kappa shape index (κ1) is 9.65. The molecule has 0 aliphatic rings. The molecule has 0 aromatic carbocycles. The SMILES string of the molecule is C/C=C(C)\N=C(/C)c1cccnc1. The van der Waals surface area contributed by atoms with Crippen LogP contribution in [0.2, 0.25) is 0 Å². The van der Waals surface area contributed by atoms with Gasteiger partial charge in [0.2, 0.25) is 0 Å². The van der Waals surface area contributed by atoms with Gasteiger partial charge >= 0.3 is 0 Å². The van der Waals surface area contributed by atoms with Crippen molar-refractivity contribution in [1.82, 2.24) is 4.98 Å². The summed E-state index contributed by atoms with van der Waals surface area (Å²) in [5.41, 5.74) is 3.11. The van der Waals surface area contributed by atoms with Crippen LogP contribution in [0.25, 0.3) is 0 Å². The van der Waals surface area contributed by atoms with Crippen LogP contribution in [-0.2, 0) is 0 Å². The highest BCUT2D eigenvalue weighted by Gasteiger charge is 1.95. The monoisotopic (exact) mass is 174 g/mol. The molecule has 0 unspecified atom stereocenters. The predicted octanol–water partition coefficient (Wildman–Crippen LogP) is 2.81. The van der Waals surface area contributed by atoms with Gasteiger partial charge in [-0.1, -0.05) is 12.1 Å². The summed E-state index contributed by atoms with van der Waals surface area (Å²) in [7, 11) is 0. The zero-order valence-electron chi connectivity index (χ0n) is 8.28. The largest absolute Gasteiger partial charge is 0.264 e. The molecule has 2 nitrogen and oxygen atoms in total. The molecule has 0 fully saturated rings. The summed E-state index contributed by atoms with van der Waals surface area (Å²) in [4.78, 5) is 8.44. The molecule has 0 radical (unpaired) electrons. The molecule has 0 aliphatic carbocycles. The summed E-state index contributed by atoms with van der Waals surface area (Å²) in [5.74, 6) is 0. The van der Waals surface area contributed by atoms with Gasteiger partial charge in [0.05, 0.1) is 0 Å². The van der Waals surface area contributed by atoms with E-state index in [4.69, 9.17) is 0 Å². The van der Waals surface area contributed by atoms with E-state index in [-0.39, 0.29) is 0 Å². The maximum Gasteiger partial charge on any atom is 0.0463 e. The van der Waals surface area contributed by atoms with E-state index in [9.17, 15) is 0 Å². The Morgan fingerprint density at radius 2 is 2.23 bits per heavy atom. The van der Waals surface area contributed by atoms with Crippen LogP contribution in [0.15, 0.2) is 41.3 Å². The summed E-state index contributed by atoms with van der Waals surface area (Å²) in [6.45, 7) is 5.96. The minimum absolute atomic E-state index is 1.00. The number of hydrogen-bond donors (Lipinski definition) is 0. The normalized spacial score (nSPS) is 13.2. The zero-order valence-corrected chi connectivity index (χ0v) is 8.28. The Morgan fingerprint density at radius 3 is 2.77 bits per heavy atom. The van der Waals surface area contributed by atoms with Gasteiger partial charge in [-0.05, 0) is 26.8 Å². The van der Waals surface area contributed by atoms with Crippen LogP contribution >= 0.6 is 0 Å². The van der Waals surface area contributed by atoms with Crippen LogP contribution in [0.5, 0.6) is 0 Å². The Balaban J connectivity index is 2.92. The van der Waals surface area contributed by atoms with Crippen molar-refractivity contribution in [2.75, 3.05) is 0 Å². The summed E-state index contributed by atoms with van der Waals surface area (Å²) in [6.07, 6.45) is 5.57.